The quantitative estimate of drug-likeness (QED) is 0.721. The van der Waals surface area contributed by atoms with E-state index in [2.05, 4.69) is 38.2 Å². The minimum atomic E-state index is 0. The molecule has 0 saturated carbocycles. The first-order chi connectivity index (χ1) is 7.24. The summed E-state index contributed by atoms with van der Waals surface area (Å²) < 4.78 is 5.58. The molecule has 0 heterocycles. The van der Waals surface area contributed by atoms with Crippen LogP contribution in [0.25, 0.3) is 0 Å². The molecule has 0 aromatic carbocycles. The van der Waals surface area contributed by atoms with Crippen molar-refractivity contribution in [1.82, 2.24) is 0 Å². The molecule has 16 heavy (non-hydrogen) atoms. The Hall–Kier alpha value is -0.327. The van der Waals surface area contributed by atoms with Gasteiger partial charge in [-0.25, -0.2) is 0 Å². The second kappa shape index (κ2) is 5.84. The Labute approximate surface area is 117 Å². The van der Waals surface area contributed by atoms with Crippen LogP contribution in [0.5, 0.6) is 0 Å². The number of allylic oxidation sites excluding steroid dienone is 6. The normalized spacial score (nSPS) is 18.4. The van der Waals surface area contributed by atoms with Crippen LogP contribution in [0, 0.1) is 6.10 Å². The van der Waals surface area contributed by atoms with Crippen LogP contribution >= 0.6 is 0 Å². The molecule has 2 heteroatoms. The zero-order chi connectivity index (χ0) is 10.8. The molecule has 0 radical (unpaired) electrons. The van der Waals surface area contributed by atoms with E-state index in [1.54, 1.807) is 7.11 Å². The Balaban J connectivity index is 0.00000128. The molecule has 0 spiro atoms. The molecule has 0 aromatic heterocycles. The van der Waals surface area contributed by atoms with E-state index in [0.29, 0.717) is 0 Å². The summed E-state index contributed by atoms with van der Waals surface area (Å²) in [4.78, 5) is 0. The van der Waals surface area contributed by atoms with Crippen molar-refractivity contribution in [3.63, 3.8) is 0 Å². The van der Waals surface area contributed by atoms with Crippen molar-refractivity contribution in [2.75, 3.05) is 7.11 Å². The average molecular weight is 293 g/mol. The average Bonchev–Trinajstić information content (AvgIpc) is 2.80. The molecule has 0 amide bonds. The van der Waals surface area contributed by atoms with Crippen LogP contribution in [0.3, 0.4) is 0 Å². The number of ether oxygens (including phenoxy) is 1. The van der Waals surface area contributed by atoms with Crippen LogP contribution in [0.15, 0.2) is 46.6 Å². The molecule has 2 aliphatic rings. The van der Waals surface area contributed by atoms with E-state index >= 15 is 0 Å². The van der Waals surface area contributed by atoms with Gasteiger partial charge in [0, 0.05) is 33.3 Å². The van der Waals surface area contributed by atoms with Crippen LogP contribution in [0.1, 0.15) is 26.7 Å². The largest absolute Gasteiger partial charge is 0.409 e. The van der Waals surface area contributed by atoms with E-state index in [1.807, 2.05) is 0 Å². The molecule has 1 nitrogen and oxygen atoms in total. The van der Waals surface area contributed by atoms with Gasteiger partial charge in [-0.15, -0.1) is 34.4 Å². The van der Waals surface area contributed by atoms with Gasteiger partial charge in [-0.2, -0.15) is 0 Å². The van der Waals surface area contributed by atoms with Crippen LogP contribution < -0.4 is 0 Å². The van der Waals surface area contributed by atoms with Gasteiger partial charge in [-0.1, -0.05) is 26.0 Å². The first-order valence-electron chi connectivity index (χ1n) is 5.38. The Kier molecular flexibility index (Phi) is 5.01. The SMILES string of the molecule is CO[C-](C1=C(C)C=CC1)C1=C(C)C=CC1.[Zr]. The predicted molar refractivity (Wildman–Crippen MR) is 63.2 cm³/mol. The second-order valence-electron chi connectivity index (χ2n) is 4.07. The molecular formula is C14H17OZr-. The second-order valence-corrected chi connectivity index (χ2v) is 4.07. The Morgan fingerprint density at radius 3 is 1.69 bits per heavy atom. The van der Waals surface area contributed by atoms with E-state index in [4.69, 9.17) is 4.74 Å². The summed E-state index contributed by atoms with van der Waals surface area (Å²) in [6.45, 7) is 4.30. The van der Waals surface area contributed by atoms with Crippen molar-refractivity contribution in [3.8, 4) is 0 Å². The van der Waals surface area contributed by atoms with Crippen molar-refractivity contribution in [2.24, 2.45) is 0 Å². The Morgan fingerprint density at radius 1 is 1.00 bits per heavy atom. The predicted octanol–water partition coefficient (Wildman–Crippen LogP) is 3.72. The molecule has 0 fully saturated rings. The van der Waals surface area contributed by atoms with Gasteiger partial charge < -0.3 is 4.74 Å². The van der Waals surface area contributed by atoms with Gasteiger partial charge >= 0.3 is 0 Å². The van der Waals surface area contributed by atoms with Crippen LogP contribution in [0.4, 0.5) is 0 Å². The number of rotatable bonds is 3. The monoisotopic (exact) mass is 291 g/mol. The summed E-state index contributed by atoms with van der Waals surface area (Å²) in [5, 5.41) is 0. The van der Waals surface area contributed by atoms with Crippen molar-refractivity contribution < 1.29 is 30.9 Å². The summed E-state index contributed by atoms with van der Waals surface area (Å²) in [5.41, 5.74) is 5.35. The maximum absolute atomic E-state index is 5.58. The third-order valence-electron chi connectivity index (χ3n) is 3.08. The molecule has 84 valence electrons. The van der Waals surface area contributed by atoms with E-state index < -0.39 is 0 Å². The van der Waals surface area contributed by atoms with Crippen LogP contribution in [-0.4, -0.2) is 7.11 Å². The molecule has 0 aliphatic heterocycles. The smallest absolute Gasteiger partial charge is 0.0267 e. The maximum atomic E-state index is 5.58. The van der Waals surface area contributed by atoms with Crippen molar-refractivity contribution in [3.05, 3.63) is 52.7 Å². The molecule has 2 rings (SSSR count). The van der Waals surface area contributed by atoms with Gasteiger partial charge in [0.15, 0.2) is 0 Å². The summed E-state index contributed by atoms with van der Waals surface area (Å²) in [5.74, 6) is 0. The van der Waals surface area contributed by atoms with Crippen molar-refractivity contribution in [1.29, 1.82) is 0 Å². The van der Waals surface area contributed by atoms with Crippen LogP contribution in [0.2, 0.25) is 0 Å². The molecule has 0 atom stereocenters. The molecule has 0 saturated heterocycles. The zero-order valence-electron chi connectivity index (χ0n) is 10.1. The minimum absolute atomic E-state index is 0. The minimum Gasteiger partial charge on any atom is -0.409 e. The summed E-state index contributed by atoms with van der Waals surface area (Å²) in [6.07, 6.45) is 11.8. The molecular weight excluding hydrogens is 275 g/mol. The van der Waals surface area contributed by atoms with Gasteiger partial charge in [0.1, 0.15) is 0 Å². The van der Waals surface area contributed by atoms with Gasteiger partial charge in [-0.3, -0.25) is 0 Å². The zero-order valence-corrected chi connectivity index (χ0v) is 12.6. The maximum Gasteiger partial charge on any atom is 0.0267 e. The van der Waals surface area contributed by atoms with Gasteiger partial charge in [0.25, 0.3) is 0 Å². The van der Waals surface area contributed by atoms with Gasteiger partial charge in [0.2, 0.25) is 0 Å². The summed E-state index contributed by atoms with van der Waals surface area (Å²) in [6, 6.07) is 0. The molecule has 0 bridgehead atoms. The number of hydrogen-bond acceptors (Lipinski definition) is 1. The van der Waals surface area contributed by atoms with Gasteiger partial charge in [-0.05, 0) is 18.9 Å². The van der Waals surface area contributed by atoms with E-state index in [-0.39, 0.29) is 26.2 Å². The standard InChI is InChI=1S/C14H17O.Zr/c1-10-6-4-8-12(10)14(15-3)13-9-5-7-11(13)2;/h4-7H,8-9H2,1-3H3;/q-1;. The van der Waals surface area contributed by atoms with Crippen LogP contribution in [-0.2, 0) is 30.9 Å². The fraction of sp³-hybridized carbons (Fsp3) is 0.357. The fourth-order valence-corrected chi connectivity index (χ4v) is 2.20. The molecule has 0 N–H and O–H groups in total. The topological polar surface area (TPSA) is 9.23 Å². The first-order valence-corrected chi connectivity index (χ1v) is 5.38. The summed E-state index contributed by atoms with van der Waals surface area (Å²) >= 11 is 0. The molecule has 0 unspecified atom stereocenters. The van der Waals surface area contributed by atoms with E-state index in [1.165, 1.54) is 22.3 Å². The summed E-state index contributed by atoms with van der Waals surface area (Å²) in [7, 11) is 1.77. The first kappa shape index (κ1) is 13.7. The van der Waals surface area contributed by atoms with Gasteiger partial charge in [0.05, 0.1) is 0 Å². The Bertz CT molecular complexity index is 350. The fourth-order valence-electron chi connectivity index (χ4n) is 2.20. The van der Waals surface area contributed by atoms with Crippen molar-refractivity contribution >= 4 is 0 Å². The molecule has 0 aromatic rings. The molecule has 2 aliphatic carbocycles. The van der Waals surface area contributed by atoms with E-state index in [0.717, 1.165) is 18.9 Å². The van der Waals surface area contributed by atoms with E-state index in [9.17, 15) is 0 Å². The number of hydrogen-bond donors (Lipinski definition) is 0. The number of methoxy groups -OCH3 is 1. The third kappa shape index (κ3) is 2.49. The van der Waals surface area contributed by atoms with Crippen molar-refractivity contribution in [2.45, 2.75) is 26.7 Å². The Morgan fingerprint density at radius 2 is 1.44 bits per heavy atom. The third-order valence-corrected chi connectivity index (χ3v) is 3.08.